The summed E-state index contributed by atoms with van der Waals surface area (Å²) < 4.78 is 0. The molecule has 0 bridgehead atoms. The standard InChI is InChI=1S/C13H23N3O4/c1-9(2)16(7-10(17)18)12(20)15-6-5-13(3,8-15)11(19)14-4/h9H,5-8H2,1-4H3,(H,14,19)(H,17,18). The van der Waals surface area contributed by atoms with E-state index in [0.717, 1.165) is 0 Å². The normalized spacial score (nSPS) is 21.9. The molecule has 1 unspecified atom stereocenters. The summed E-state index contributed by atoms with van der Waals surface area (Å²) in [6.07, 6.45) is 0.581. The summed E-state index contributed by atoms with van der Waals surface area (Å²) >= 11 is 0. The van der Waals surface area contributed by atoms with Crippen molar-refractivity contribution >= 4 is 17.9 Å². The first kappa shape index (κ1) is 16.3. The molecule has 20 heavy (non-hydrogen) atoms. The van der Waals surface area contributed by atoms with Crippen LogP contribution in [0.2, 0.25) is 0 Å². The molecular formula is C13H23N3O4. The van der Waals surface area contributed by atoms with Crippen LogP contribution in [0.5, 0.6) is 0 Å². The average molecular weight is 285 g/mol. The van der Waals surface area contributed by atoms with Crippen molar-refractivity contribution in [3.8, 4) is 0 Å². The lowest BCUT2D eigenvalue weighted by Crippen LogP contribution is -2.49. The van der Waals surface area contributed by atoms with Gasteiger partial charge in [0.2, 0.25) is 5.91 Å². The molecule has 1 fully saturated rings. The first-order chi connectivity index (χ1) is 9.21. The van der Waals surface area contributed by atoms with E-state index in [1.54, 1.807) is 25.8 Å². The van der Waals surface area contributed by atoms with E-state index >= 15 is 0 Å². The Kier molecular flexibility index (Phi) is 4.97. The number of nitrogens with zero attached hydrogens (tertiary/aromatic N) is 2. The van der Waals surface area contributed by atoms with Crippen LogP contribution >= 0.6 is 0 Å². The van der Waals surface area contributed by atoms with Gasteiger partial charge in [0.1, 0.15) is 6.54 Å². The average Bonchev–Trinajstić information content (AvgIpc) is 2.77. The van der Waals surface area contributed by atoms with E-state index < -0.39 is 11.4 Å². The molecule has 1 aliphatic heterocycles. The molecule has 0 aromatic carbocycles. The maximum atomic E-state index is 12.4. The second-order valence-electron chi connectivity index (χ2n) is 5.71. The molecule has 114 valence electrons. The van der Waals surface area contributed by atoms with E-state index in [9.17, 15) is 14.4 Å². The van der Waals surface area contributed by atoms with E-state index in [1.165, 1.54) is 4.90 Å². The predicted octanol–water partition coefficient (Wildman–Crippen LogP) is 0.359. The highest BCUT2D eigenvalue weighted by Crippen LogP contribution is 2.30. The summed E-state index contributed by atoms with van der Waals surface area (Å²) in [7, 11) is 1.57. The fourth-order valence-corrected chi connectivity index (χ4v) is 2.41. The Balaban J connectivity index is 2.78. The molecule has 1 heterocycles. The summed E-state index contributed by atoms with van der Waals surface area (Å²) in [6.45, 7) is 5.81. The smallest absolute Gasteiger partial charge is 0.323 e. The Morgan fingerprint density at radius 2 is 2.00 bits per heavy atom. The van der Waals surface area contributed by atoms with Gasteiger partial charge < -0.3 is 20.2 Å². The number of hydrogen-bond acceptors (Lipinski definition) is 3. The van der Waals surface area contributed by atoms with Gasteiger partial charge in [0, 0.05) is 26.2 Å². The molecule has 0 spiro atoms. The minimum Gasteiger partial charge on any atom is -0.480 e. The lowest BCUT2D eigenvalue weighted by Gasteiger charge is -2.30. The minimum atomic E-state index is -1.04. The molecule has 7 nitrogen and oxygen atoms in total. The van der Waals surface area contributed by atoms with Crippen molar-refractivity contribution in [1.82, 2.24) is 15.1 Å². The molecule has 0 radical (unpaired) electrons. The number of nitrogens with one attached hydrogen (secondary N) is 1. The van der Waals surface area contributed by atoms with Crippen LogP contribution in [0.1, 0.15) is 27.2 Å². The van der Waals surface area contributed by atoms with Crippen LogP contribution in [0.25, 0.3) is 0 Å². The van der Waals surface area contributed by atoms with E-state index in [2.05, 4.69) is 5.32 Å². The van der Waals surface area contributed by atoms with Crippen molar-refractivity contribution in [1.29, 1.82) is 0 Å². The number of carboxylic acid groups (broad SMARTS) is 1. The summed E-state index contributed by atoms with van der Waals surface area (Å²) in [5, 5.41) is 11.5. The number of likely N-dealkylation sites (tertiary alicyclic amines) is 1. The molecule has 2 N–H and O–H groups in total. The number of carboxylic acids is 1. The summed E-state index contributed by atoms with van der Waals surface area (Å²) in [6, 6.07) is -0.527. The van der Waals surface area contributed by atoms with Gasteiger partial charge in [-0.3, -0.25) is 9.59 Å². The number of carbonyl (C=O) groups is 3. The van der Waals surface area contributed by atoms with Crippen molar-refractivity contribution in [3.05, 3.63) is 0 Å². The van der Waals surface area contributed by atoms with Crippen LogP contribution in [0, 0.1) is 5.41 Å². The number of amides is 3. The molecule has 1 atom stereocenters. The van der Waals surface area contributed by atoms with Gasteiger partial charge in [-0.1, -0.05) is 0 Å². The highest BCUT2D eigenvalue weighted by atomic mass is 16.4. The lowest BCUT2D eigenvalue weighted by molar-refractivity contribution is -0.138. The maximum Gasteiger partial charge on any atom is 0.323 e. The maximum absolute atomic E-state index is 12.4. The number of rotatable bonds is 4. The molecule has 1 aliphatic rings. The van der Waals surface area contributed by atoms with Crippen molar-refractivity contribution in [2.75, 3.05) is 26.7 Å². The fraction of sp³-hybridized carbons (Fsp3) is 0.769. The predicted molar refractivity (Wildman–Crippen MR) is 73.2 cm³/mol. The third kappa shape index (κ3) is 3.40. The summed E-state index contributed by atoms with van der Waals surface area (Å²) in [5.41, 5.74) is -0.601. The molecule has 1 saturated heterocycles. The third-order valence-corrected chi connectivity index (χ3v) is 3.69. The van der Waals surface area contributed by atoms with Gasteiger partial charge >= 0.3 is 12.0 Å². The van der Waals surface area contributed by atoms with Gasteiger partial charge in [0.05, 0.1) is 5.41 Å². The van der Waals surface area contributed by atoms with Crippen molar-refractivity contribution in [3.63, 3.8) is 0 Å². The Labute approximate surface area is 118 Å². The largest absolute Gasteiger partial charge is 0.480 e. The minimum absolute atomic E-state index is 0.0952. The zero-order chi connectivity index (χ0) is 15.5. The second kappa shape index (κ2) is 6.11. The Bertz CT molecular complexity index is 410. The Morgan fingerprint density at radius 3 is 2.45 bits per heavy atom. The highest BCUT2D eigenvalue weighted by molar-refractivity contribution is 5.85. The number of hydrogen-bond donors (Lipinski definition) is 2. The number of aliphatic carboxylic acids is 1. The van der Waals surface area contributed by atoms with Crippen LogP contribution in [0.15, 0.2) is 0 Å². The second-order valence-corrected chi connectivity index (χ2v) is 5.71. The Hall–Kier alpha value is -1.79. The van der Waals surface area contributed by atoms with Crippen molar-refractivity contribution in [2.45, 2.75) is 33.2 Å². The third-order valence-electron chi connectivity index (χ3n) is 3.69. The topological polar surface area (TPSA) is 90.0 Å². The zero-order valence-electron chi connectivity index (χ0n) is 12.5. The van der Waals surface area contributed by atoms with E-state index in [1.807, 2.05) is 6.92 Å². The molecular weight excluding hydrogens is 262 g/mol. The number of urea groups is 1. The molecule has 0 saturated carbocycles. The monoisotopic (exact) mass is 285 g/mol. The van der Waals surface area contributed by atoms with Crippen LogP contribution in [-0.2, 0) is 9.59 Å². The summed E-state index contributed by atoms with van der Waals surface area (Å²) in [5.74, 6) is -1.14. The van der Waals surface area contributed by atoms with Gasteiger partial charge in [-0.2, -0.15) is 0 Å². The van der Waals surface area contributed by atoms with Gasteiger partial charge in [-0.15, -0.1) is 0 Å². The number of carbonyl (C=O) groups excluding carboxylic acids is 2. The molecule has 0 aromatic rings. The Morgan fingerprint density at radius 1 is 1.40 bits per heavy atom. The van der Waals surface area contributed by atoms with Crippen LogP contribution in [0.4, 0.5) is 4.79 Å². The van der Waals surface area contributed by atoms with E-state index in [4.69, 9.17) is 5.11 Å². The highest BCUT2D eigenvalue weighted by Gasteiger charge is 2.42. The molecule has 3 amide bonds. The van der Waals surface area contributed by atoms with Gasteiger partial charge in [-0.05, 0) is 27.2 Å². The van der Waals surface area contributed by atoms with Crippen LogP contribution in [-0.4, -0.2) is 65.5 Å². The van der Waals surface area contributed by atoms with Crippen molar-refractivity contribution < 1.29 is 19.5 Å². The van der Waals surface area contributed by atoms with E-state index in [0.29, 0.717) is 19.5 Å². The SMILES string of the molecule is CNC(=O)C1(C)CCN(C(=O)N(CC(=O)O)C(C)C)C1. The molecule has 0 aromatic heterocycles. The van der Waals surface area contributed by atoms with E-state index in [-0.39, 0.29) is 24.5 Å². The van der Waals surface area contributed by atoms with Crippen molar-refractivity contribution in [2.24, 2.45) is 5.41 Å². The van der Waals surface area contributed by atoms with Gasteiger partial charge in [-0.25, -0.2) is 4.79 Å². The van der Waals surface area contributed by atoms with Gasteiger partial charge in [0.25, 0.3) is 0 Å². The summed E-state index contributed by atoms with van der Waals surface area (Å²) in [4.78, 5) is 37.9. The van der Waals surface area contributed by atoms with Gasteiger partial charge in [0.15, 0.2) is 0 Å². The first-order valence-electron chi connectivity index (χ1n) is 6.71. The molecule has 7 heteroatoms. The lowest BCUT2D eigenvalue weighted by atomic mass is 9.89. The van der Waals surface area contributed by atoms with Crippen LogP contribution in [0.3, 0.4) is 0 Å². The zero-order valence-corrected chi connectivity index (χ0v) is 12.5. The quantitative estimate of drug-likeness (QED) is 0.780. The van der Waals surface area contributed by atoms with Crippen LogP contribution < -0.4 is 5.32 Å². The fourth-order valence-electron chi connectivity index (χ4n) is 2.41. The first-order valence-corrected chi connectivity index (χ1v) is 6.71. The molecule has 0 aliphatic carbocycles. The molecule has 1 rings (SSSR count).